The summed E-state index contributed by atoms with van der Waals surface area (Å²) in [6.07, 6.45) is 51.0. The Labute approximate surface area is 378 Å². The molecule has 3 unspecified atom stereocenters. The molecule has 0 saturated carbocycles. The molecule has 0 amide bonds. The number of hydrogen-bond donors (Lipinski definition) is 0. The van der Waals surface area contributed by atoms with Gasteiger partial charge in [-0.25, -0.2) is 0 Å². The third-order valence-electron chi connectivity index (χ3n) is 10.4. The Morgan fingerprint density at radius 3 is 1.63 bits per heavy atom. The summed E-state index contributed by atoms with van der Waals surface area (Å²) in [7, 11) is 1.10. The number of carbonyl (C=O) groups excluding carboxylic acids is 2. The lowest BCUT2D eigenvalue weighted by Crippen LogP contribution is -2.37. The summed E-state index contributed by atoms with van der Waals surface area (Å²) in [5.41, 5.74) is 0. The maximum atomic E-state index is 12.7. The standard InChI is InChI=1S/C51H88NO9P/c1-6-8-10-12-14-15-16-17-18-19-20-21-22-23-24-25-26-29-33-37-41-50(53)57-45-47(46-59-62(55,56)58-44-43-52(3,4)5)60-51(54)42-38-34-30-27-28-32-36-40-49-48(61-49)39-35-31-13-11-9-7-2/h15-16,18-19,21-22,27,30-32,35-36,47-49H,6-14,17,20,23-26,28-29,33-34,37-46H2,1-5H3/b16-15-,19-18-,22-21-,30-27-,35-31-,36-32-/t47-,48?,49?/m1/s1. The first-order valence-corrected chi connectivity index (χ1v) is 25.7. The van der Waals surface area contributed by atoms with Crippen LogP contribution in [0.25, 0.3) is 0 Å². The fourth-order valence-electron chi connectivity index (χ4n) is 6.40. The Hall–Kier alpha value is -2.59. The molecular weight excluding hydrogens is 802 g/mol. The third kappa shape index (κ3) is 39.0. The lowest BCUT2D eigenvalue weighted by atomic mass is 10.1. The van der Waals surface area contributed by atoms with Gasteiger partial charge in [0.1, 0.15) is 19.8 Å². The van der Waals surface area contributed by atoms with Crippen molar-refractivity contribution in [2.45, 2.75) is 193 Å². The Bertz CT molecular complexity index is 1350. The van der Waals surface area contributed by atoms with Gasteiger partial charge in [-0.3, -0.25) is 14.2 Å². The van der Waals surface area contributed by atoms with Gasteiger partial charge in [-0.2, -0.15) is 0 Å². The first kappa shape index (κ1) is 57.4. The van der Waals surface area contributed by atoms with Crippen LogP contribution >= 0.6 is 7.82 Å². The molecule has 62 heavy (non-hydrogen) atoms. The molecule has 1 fully saturated rings. The summed E-state index contributed by atoms with van der Waals surface area (Å²) in [6, 6.07) is 0. The number of carbonyl (C=O) groups is 2. The van der Waals surface area contributed by atoms with Crippen molar-refractivity contribution in [3.05, 3.63) is 72.9 Å². The summed E-state index contributed by atoms with van der Waals surface area (Å²) < 4.78 is 39.7. The van der Waals surface area contributed by atoms with Gasteiger partial charge in [0.05, 0.1) is 40.0 Å². The lowest BCUT2D eigenvalue weighted by Gasteiger charge is -2.28. The molecule has 1 rings (SSSR count). The number of allylic oxidation sites excluding steroid dienone is 10. The van der Waals surface area contributed by atoms with Crippen LogP contribution in [-0.2, 0) is 37.4 Å². The Kier molecular flexibility index (Phi) is 36.0. The first-order chi connectivity index (χ1) is 30.0. The van der Waals surface area contributed by atoms with Crippen LogP contribution in [0.15, 0.2) is 72.9 Å². The van der Waals surface area contributed by atoms with E-state index in [4.69, 9.17) is 23.3 Å². The number of ether oxygens (including phenoxy) is 3. The number of quaternary nitrogens is 1. The highest BCUT2D eigenvalue weighted by Crippen LogP contribution is 2.38. The predicted molar refractivity (Wildman–Crippen MR) is 254 cm³/mol. The fourth-order valence-corrected chi connectivity index (χ4v) is 7.13. The van der Waals surface area contributed by atoms with Crippen LogP contribution in [0.2, 0.25) is 0 Å². The van der Waals surface area contributed by atoms with E-state index in [2.05, 4.69) is 80.7 Å². The number of hydrogen-bond acceptors (Lipinski definition) is 9. The summed E-state index contributed by atoms with van der Waals surface area (Å²) in [5.74, 6) is -0.925. The van der Waals surface area contributed by atoms with Crippen molar-refractivity contribution in [3.8, 4) is 0 Å². The van der Waals surface area contributed by atoms with Gasteiger partial charge in [-0.1, -0.05) is 145 Å². The Morgan fingerprint density at radius 2 is 1.03 bits per heavy atom. The van der Waals surface area contributed by atoms with Crippen LogP contribution in [0.4, 0.5) is 0 Å². The van der Waals surface area contributed by atoms with Crippen molar-refractivity contribution < 1.29 is 46.8 Å². The minimum absolute atomic E-state index is 0.0494. The normalized spacial score (nSPS) is 17.4. The highest BCUT2D eigenvalue weighted by molar-refractivity contribution is 7.45. The molecule has 0 aliphatic carbocycles. The second-order valence-corrected chi connectivity index (χ2v) is 18.9. The van der Waals surface area contributed by atoms with Crippen molar-refractivity contribution >= 4 is 19.8 Å². The molecule has 4 atom stereocenters. The van der Waals surface area contributed by atoms with E-state index < -0.39 is 32.5 Å². The zero-order valence-electron chi connectivity index (χ0n) is 39.7. The minimum Gasteiger partial charge on any atom is -0.756 e. The molecule has 356 valence electrons. The van der Waals surface area contributed by atoms with Gasteiger partial charge >= 0.3 is 11.9 Å². The molecule has 1 heterocycles. The molecule has 0 aromatic rings. The molecule has 1 aliphatic heterocycles. The minimum atomic E-state index is -4.66. The molecule has 0 aromatic heterocycles. The molecule has 1 saturated heterocycles. The molecule has 0 N–H and O–H groups in total. The molecule has 1 aliphatic rings. The van der Waals surface area contributed by atoms with Crippen LogP contribution in [0.3, 0.4) is 0 Å². The van der Waals surface area contributed by atoms with Crippen LogP contribution in [-0.4, -0.2) is 82.2 Å². The average Bonchev–Trinajstić information content (AvgIpc) is 3.98. The van der Waals surface area contributed by atoms with Crippen molar-refractivity contribution in [3.63, 3.8) is 0 Å². The van der Waals surface area contributed by atoms with Crippen molar-refractivity contribution in [2.24, 2.45) is 0 Å². The van der Waals surface area contributed by atoms with E-state index in [0.29, 0.717) is 42.5 Å². The second-order valence-electron chi connectivity index (χ2n) is 17.5. The zero-order chi connectivity index (χ0) is 45.4. The van der Waals surface area contributed by atoms with Gasteiger partial charge in [-0.15, -0.1) is 0 Å². The zero-order valence-corrected chi connectivity index (χ0v) is 40.6. The topological polar surface area (TPSA) is 124 Å². The van der Waals surface area contributed by atoms with Gasteiger partial charge in [0.2, 0.25) is 0 Å². The third-order valence-corrected chi connectivity index (χ3v) is 11.3. The Morgan fingerprint density at radius 1 is 0.581 bits per heavy atom. The second kappa shape index (κ2) is 38.8. The van der Waals surface area contributed by atoms with Crippen LogP contribution in [0.5, 0.6) is 0 Å². The van der Waals surface area contributed by atoms with Gasteiger partial charge in [-0.05, 0) is 89.9 Å². The van der Waals surface area contributed by atoms with Crippen LogP contribution in [0.1, 0.15) is 174 Å². The van der Waals surface area contributed by atoms with Crippen molar-refractivity contribution in [1.82, 2.24) is 0 Å². The molecule has 0 bridgehead atoms. The average molecular weight is 890 g/mol. The summed E-state index contributed by atoms with van der Waals surface area (Å²) in [4.78, 5) is 37.7. The quantitative estimate of drug-likeness (QED) is 0.0147. The van der Waals surface area contributed by atoms with Crippen LogP contribution in [0, 0.1) is 0 Å². The number of rotatable bonds is 42. The van der Waals surface area contributed by atoms with Gasteiger partial charge in [0.25, 0.3) is 7.82 Å². The maximum absolute atomic E-state index is 12.7. The number of phosphoric acid groups is 1. The molecule has 0 spiro atoms. The highest BCUT2D eigenvalue weighted by atomic mass is 31.2. The smallest absolute Gasteiger partial charge is 0.306 e. The highest BCUT2D eigenvalue weighted by Gasteiger charge is 2.36. The number of nitrogens with zero attached hydrogens (tertiary/aromatic N) is 1. The fraction of sp³-hybridized carbons (Fsp3) is 0.725. The predicted octanol–water partition coefficient (Wildman–Crippen LogP) is 12.5. The molecule has 0 radical (unpaired) electrons. The van der Waals surface area contributed by atoms with Gasteiger partial charge in [0.15, 0.2) is 6.10 Å². The maximum Gasteiger partial charge on any atom is 0.306 e. The van der Waals surface area contributed by atoms with E-state index in [1.54, 1.807) is 0 Å². The number of esters is 2. The van der Waals surface area contributed by atoms with E-state index in [1.165, 1.54) is 51.4 Å². The molecular formula is C51H88NO9P. The summed E-state index contributed by atoms with van der Waals surface area (Å²) in [5, 5.41) is 0. The van der Waals surface area contributed by atoms with Gasteiger partial charge < -0.3 is 32.6 Å². The van der Waals surface area contributed by atoms with E-state index in [1.807, 2.05) is 27.2 Å². The number of phosphoric ester groups is 1. The summed E-state index contributed by atoms with van der Waals surface area (Å²) >= 11 is 0. The molecule has 0 aromatic carbocycles. The van der Waals surface area contributed by atoms with E-state index >= 15 is 0 Å². The van der Waals surface area contributed by atoms with Crippen LogP contribution < -0.4 is 4.89 Å². The van der Waals surface area contributed by atoms with E-state index in [0.717, 1.165) is 77.0 Å². The molecule has 10 nitrogen and oxygen atoms in total. The van der Waals surface area contributed by atoms with Gasteiger partial charge in [0, 0.05) is 12.8 Å². The largest absolute Gasteiger partial charge is 0.756 e. The Balaban J connectivity index is 2.30. The van der Waals surface area contributed by atoms with E-state index in [9.17, 15) is 19.0 Å². The first-order valence-electron chi connectivity index (χ1n) is 24.3. The monoisotopic (exact) mass is 890 g/mol. The number of likely N-dealkylation sites (N-methyl/N-ethyl adjacent to an activating group) is 1. The summed E-state index contributed by atoms with van der Waals surface area (Å²) in [6.45, 7) is 4.08. The number of unbranched alkanes of at least 4 members (excludes halogenated alkanes) is 14. The van der Waals surface area contributed by atoms with E-state index in [-0.39, 0.29) is 26.1 Å². The molecule has 11 heteroatoms. The number of epoxide rings is 1. The SMILES string of the molecule is CCCCC/C=C\CC1OC1C/C=C\C/C=C\CCCC(=O)O[C@H](COC(=O)CCCCCCCC/C=C\C/C=C\C/C=C\CCCCCC)COP(=O)([O-])OCC[N+](C)(C)C. The van der Waals surface area contributed by atoms with Crippen molar-refractivity contribution in [1.29, 1.82) is 0 Å². The van der Waals surface area contributed by atoms with Crippen molar-refractivity contribution in [2.75, 3.05) is 47.5 Å². The lowest BCUT2D eigenvalue weighted by molar-refractivity contribution is -0.870.